The van der Waals surface area contributed by atoms with E-state index in [4.69, 9.17) is 0 Å². The highest BCUT2D eigenvalue weighted by Gasteiger charge is 2.66. The van der Waals surface area contributed by atoms with Gasteiger partial charge in [0, 0.05) is 30.6 Å². The summed E-state index contributed by atoms with van der Waals surface area (Å²) in [4.78, 5) is 31.5. The van der Waals surface area contributed by atoms with E-state index in [-0.39, 0.29) is 24.3 Å². The molecule has 2 aromatic heterocycles. The van der Waals surface area contributed by atoms with Crippen molar-refractivity contribution in [3.8, 4) is 0 Å². The number of anilines is 2. The Morgan fingerprint density at radius 2 is 1.65 bits per heavy atom. The number of nitrogens with one attached hydrogen (secondary N) is 1. The number of alkyl halides is 2. The van der Waals surface area contributed by atoms with Crippen molar-refractivity contribution in [3.05, 3.63) is 34.9 Å². The lowest BCUT2D eigenvalue weighted by molar-refractivity contribution is -0.188. The van der Waals surface area contributed by atoms with E-state index >= 15 is 4.39 Å². The maximum absolute atomic E-state index is 15.8. The molecule has 0 aliphatic carbocycles. The van der Waals surface area contributed by atoms with Crippen LogP contribution in [0, 0.1) is 34.9 Å². The Morgan fingerprint density at radius 3 is 2.07 bits per heavy atom. The molecular weight excluding hydrogens is 563 g/mol. The molecule has 2 aromatic rings. The molecule has 1 amide bonds. The highest BCUT2D eigenvalue weighted by molar-refractivity contribution is 5.77. The first-order valence-electron chi connectivity index (χ1n) is 14.4. The molecule has 0 radical (unpaired) electrons. The summed E-state index contributed by atoms with van der Waals surface area (Å²) in [5, 5.41) is 28.5. The van der Waals surface area contributed by atoms with Crippen molar-refractivity contribution in [2.24, 2.45) is 22.2 Å². The standard InChI is InChI=1S/C31H46F3N5O4/c1-17-14-21(37-39(17)29(8,9)10)36-20-15-18(23(33)34)22(32)19(35-20)16-31(25(40)41)12-13-38(26(42)43)30(11,28(5,6)7)24(31)27(2,3)4/h14-15,23-24H,12-13,16H2,1-11H3,(H,40,41)(H,42,43)(H,35,36,37)/t24?,30-,31-/m1/s1. The number of piperidine rings is 1. The van der Waals surface area contributed by atoms with Crippen molar-refractivity contribution >= 4 is 23.7 Å². The fourth-order valence-electron chi connectivity index (χ4n) is 7.27. The quantitative estimate of drug-likeness (QED) is 0.308. The maximum Gasteiger partial charge on any atom is 0.407 e. The van der Waals surface area contributed by atoms with Crippen LogP contribution in [0.5, 0.6) is 0 Å². The van der Waals surface area contributed by atoms with E-state index in [1.807, 2.05) is 69.2 Å². The van der Waals surface area contributed by atoms with Crippen LogP contribution in [0.3, 0.4) is 0 Å². The van der Waals surface area contributed by atoms with Gasteiger partial charge < -0.3 is 20.4 Å². The van der Waals surface area contributed by atoms with Crippen LogP contribution in [0.2, 0.25) is 0 Å². The third-order valence-corrected chi connectivity index (χ3v) is 9.05. The number of carboxylic acid groups (broad SMARTS) is 2. The van der Waals surface area contributed by atoms with Crippen LogP contribution in [0.15, 0.2) is 12.1 Å². The van der Waals surface area contributed by atoms with Crippen LogP contribution in [-0.4, -0.2) is 54.0 Å². The number of hydrogen-bond acceptors (Lipinski definition) is 5. The van der Waals surface area contributed by atoms with Crippen molar-refractivity contribution < 1.29 is 33.0 Å². The molecule has 3 rings (SSSR count). The van der Waals surface area contributed by atoms with Crippen molar-refractivity contribution in [1.82, 2.24) is 19.7 Å². The zero-order chi connectivity index (χ0) is 33.1. The van der Waals surface area contributed by atoms with Gasteiger partial charge in [0.2, 0.25) is 0 Å². The second-order valence-electron chi connectivity index (χ2n) is 15.1. The fraction of sp³-hybridized carbons (Fsp3) is 0.677. The maximum atomic E-state index is 15.8. The Morgan fingerprint density at radius 1 is 1.07 bits per heavy atom. The number of aromatic nitrogens is 3. The molecule has 43 heavy (non-hydrogen) atoms. The number of halogens is 3. The number of pyridine rings is 1. The molecule has 1 aliphatic heterocycles. The van der Waals surface area contributed by atoms with Gasteiger partial charge in [-0.15, -0.1) is 0 Å². The van der Waals surface area contributed by atoms with Crippen LogP contribution in [0.4, 0.5) is 29.6 Å². The highest BCUT2D eigenvalue weighted by atomic mass is 19.3. The molecular formula is C31H46F3N5O4. The van der Waals surface area contributed by atoms with E-state index in [1.54, 1.807) is 17.7 Å². The third-order valence-electron chi connectivity index (χ3n) is 9.05. The SMILES string of the molecule is Cc1cc(Nc2cc(C(F)F)c(F)c(C[C@]3(C(=O)O)CCN(C(=O)O)[C@@](C)(C(C)(C)C)C3C(C)(C)C)n2)nn1C(C)(C)C. The predicted molar refractivity (Wildman–Crippen MR) is 158 cm³/mol. The molecule has 0 bridgehead atoms. The minimum atomic E-state index is -3.19. The molecule has 240 valence electrons. The largest absolute Gasteiger partial charge is 0.481 e. The van der Waals surface area contributed by atoms with Gasteiger partial charge in [-0.05, 0) is 57.9 Å². The average Bonchev–Trinajstić information content (AvgIpc) is 3.19. The van der Waals surface area contributed by atoms with Gasteiger partial charge in [0.15, 0.2) is 11.6 Å². The topological polar surface area (TPSA) is 121 Å². The first-order valence-corrected chi connectivity index (χ1v) is 14.4. The molecule has 1 unspecified atom stereocenters. The Bertz CT molecular complexity index is 1390. The number of likely N-dealkylation sites (tertiary alicyclic amines) is 1. The van der Waals surface area contributed by atoms with Crippen molar-refractivity contribution in [2.45, 2.75) is 107 Å². The summed E-state index contributed by atoms with van der Waals surface area (Å²) in [6, 6.07) is 2.62. The van der Waals surface area contributed by atoms with Crippen molar-refractivity contribution in [2.75, 3.05) is 11.9 Å². The van der Waals surface area contributed by atoms with E-state index < -0.39 is 69.7 Å². The van der Waals surface area contributed by atoms with Gasteiger partial charge in [0.1, 0.15) is 5.82 Å². The number of nitrogens with zero attached hydrogens (tertiary/aromatic N) is 4. The molecule has 0 spiro atoms. The molecule has 0 saturated carbocycles. The Kier molecular flexibility index (Phi) is 8.74. The molecule has 3 heterocycles. The second-order valence-corrected chi connectivity index (χ2v) is 15.1. The molecule has 3 N–H and O–H groups in total. The van der Waals surface area contributed by atoms with Gasteiger partial charge in [-0.2, -0.15) is 5.10 Å². The zero-order valence-electron chi connectivity index (χ0n) is 27.1. The second kappa shape index (κ2) is 11.0. The first kappa shape index (κ1) is 34.2. The van der Waals surface area contributed by atoms with Crippen molar-refractivity contribution in [1.29, 1.82) is 0 Å². The normalized spacial score (nSPS) is 23.5. The van der Waals surface area contributed by atoms with Crippen LogP contribution < -0.4 is 5.32 Å². The van der Waals surface area contributed by atoms with E-state index in [0.29, 0.717) is 5.82 Å². The smallest absolute Gasteiger partial charge is 0.407 e. The van der Waals surface area contributed by atoms with E-state index in [1.165, 1.54) is 4.90 Å². The molecule has 12 heteroatoms. The summed E-state index contributed by atoms with van der Waals surface area (Å²) in [5.74, 6) is -3.19. The summed E-state index contributed by atoms with van der Waals surface area (Å²) in [7, 11) is 0. The van der Waals surface area contributed by atoms with Gasteiger partial charge in [0.05, 0.1) is 27.8 Å². The lowest BCUT2D eigenvalue weighted by atomic mass is 9.47. The number of rotatable bonds is 6. The van der Waals surface area contributed by atoms with E-state index in [2.05, 4.69) is 15.4 Å². The molecule has 3 atom stereocenters. The van der Waals surface area contributed by atoms with Gasteiger partial charge in [-0.1, -0.05) is 41.5 Å². The minimum Gasteiger partial charge on any atom is -0.481 e. The third kappa shape index (κ3) is 6.06. The predicted octanol–water partition coefficient (Wildman–Crippen LogP) is 7.63. The van der Waals surface area contributed by atoms with Gasteiger partial charge in [0.25, 0.3) is 6.43 Å². The molecule has 0 aromatic carbocycles. The number of carboxylic acids is 1. The molecule has 9 nitrogen and oxygen atoms in total. The molecule has 1 aliphatic rings. The monoisotopic (exact) mass is 609 g/mol. The van der Waals surface area contributed by atoms with E-state index in [9.17, 15) is 28.6 Å². The van der Waals surface area contributed by atoms with Crippen LogP contribution in [0.1, 0.15) is 99.0 Å². The molecule has 1 saturated heterocycles. The molecule has 1 fully saturated rings. The highest BCUT2D eigenvalue weighted by Crippen LogP contribution is 2.60. The van der Waals surface area contributed by atoms with Crippen LogP contribution >= 0.6 is 0 Å². The Hall–Kier alpha value is -3.31. The number of hydrogen-bond donors (Lipinski definition) is 3. The van der Waals surface area contributed by atoms with Gasteiger partial charge in [-0.3, -0.25) is 9.48 Å². The Labute approximate surface area is 251 Å². The number of carbonyl (C=O) groups is 2. The minimum absolute atomic E-state index is 0.0975. The summed E-state index contributed by atoms with van der Waals surface area (Å²) >= 11 is 0. The first-order chi connectivity index (χ1) is 19.4. The summed E-state index contributed by atoms with van der Waals surface area (Å²) in [6.45, 7) is 20.3. The summed E-state index contributed by atoms with van der Waals surface area (Å²) in [6.07, 6.45) is -5.05. The summed E-state index contributed by atoms with van der Waals surface area (Å²) < 4.78 is 45.9. The number of aryl methyl sites for hydroxylation is 1. The van der Waals surface area contributed by atoms with Crippen molar-refractivity contribution in [3.63, 3.8) is 0 Å². The number of aliphatic carboxylic acids is 1. The zero-order valence-corrected chi connectivity index (χ0v) is 27.1. The van der Waals surface area contributed by atoms with Gasteiger partial charge in [-0.25, -0.2) is 22.9 Å². The lowest BCUT2D eigenvalue weighted by Gasteiger charge is -2.64. The fourth-order valence-corrected chi connectivity index (χ4v) is 7.27. The summed E-state index contributed by atoms with van der Waals surface area (Å²) in [5.41, 5.74) is -5.42. The van der Waals surface area contributed by atoms with Gasteiger partial charge >= 0.3 is 12.1 Å². The number of amides is 1. The van der Waals surface area contributed by atoms with E-state index in [0.717, 1.165) is 11.8 Å². The van der Waals surface area contributed by atoms with Crippen LogP contribution in [-0.2, 0) is 16.8 Å². The Balaban J connectivity index is 2.25. The average molecular weight is 610 g/mol. The lowest BCUT2D eigenvalue weighted by Crippen LogP contribution is -2.72. The van der Waals surface area contributed by atoms with Crippen LogP contribution in [0.25, 0.3) is 0 Å².